The molecular formula is C28H26N4O5S2. The number of carbonyl (C=O) groups is 4. The molecule has 0 saturated heterocycles. The zero-order valence-corrected chi connectivity index (χ0v) is 22.8. The number of aryl methyl sites for hydroxylation is 2. The number of benzene rings is 2. The number of aromatic nitrogens is 1. The number of thiazole rings is 1. The number of nitrogens with zero attached hydrogens (tertiary/aromatic N) is 1. The molecular weight excluding hydrogens is 536 g/mol. The minimum atomic E-state index is -0.675. The van der Waals surface area contributed by atoms with Gasteiger partial charge in [-0.05, 0) is 73.7 Å². The van der Waals surface area contributed by atoms with Crippen LogP contribution in [0.4, 0.5) is 10.7 Å². The third-order valence-electron chi connectivity index (χ3n) is 6.30. The molecule has 0 aliphatic heterocycles. The van der Waals surface area contributed by atoms with Crippen molar-refractivity contribution in [3.05, 3.63) is 64.0 Å². The Kier molecular flexibility index (Phi) is 7.71. The predicted octanol–water partition coefficient (Wildman–Crippen LogP) is 4.82. The van der Waals surface area contributed by atoms with Crippen LogP contribution >= 0.6 is 22.7 Å². The molecule has 2 aromatic heterocycles. The molecule has 1 aliphatic rings. The van der Waals surface area contributed by atoms with Gasteiger partial charge in [0.15, 0.2) is 6.61 Å². The Morgan fingerprint density at radius 3 is 2.54 bits per heavy atom. The van der Waals surface area contributed by atoms with Gasteiger partial charge in [0.05, 0.1) is 22.2 Å². The van der Waals surface area contributed by atoms with Gasteiger partial charge in [-0.2, -0.15) is 0 Å². The van der Waals surface area contributed by atoms with Gasteiger partial charge in [0.2, 0.25) is 5.91 Å². The quantitative estimate of drug-likeness (QED) is 0.250. The first kappa shape index (κ1) is 26.5. The van der Waals surface area contributed by atoms with Gasteiger partial charge in [0.25, 0.3) is 11.8 Å². The van der Waals surface area contributed by atoms with E-state index >= 15 is 0 Å². The van der Waals surface area contributed by atoms with E-state index in [0.717, 1.165) is 50.5 Å². The molecule has 39 heavy (non-hydrogen) atoms. The molecule has 11 heteroatoms. The number of esters is 1. The molecule has 9 nitrogen and oxygen atoms in total. The van der Waals surface area contributed by atoms with E-state index in [1.165, 1.54) is 16.9 Å². The fraction of sp³-hybridized carbons (Fsp3) is 0.250. The maximum Gasteiger partial charge on any atom is 0.306 e. The van der Waals surface area contributed by atoms with Crippen LogP contribution in [-0.2, 0) is 32.0 Å². The van der Waals surface area contributed by atoms with Crippen LogP contribution in [0.3, 0.4) is 0 Å². The van der Waals surface area contributed by atoms with E-state index in [1.54, 1.807) is 23.5 Å². The van der Waals surface area contributed by atoms with E-state index in [2.05, 4.69) is 21.7 Å². The summed E-state index contributed by atoms with van der Waals surface area (Å²) in [5.74, 6) is -2.17. The maximum absolute atomic E-state index is 12.3. The van der Waals surface area contributed by atoms with E-state index in [-0.39, 0.29) is 12.8 Å². The molecule has 2 aromatic carbocycles. The molecule has 3 amide bonds. The number of thiophene rings is 1. The molecule has 200 valence electrons. The van der Waals surface area contributed by atoms with Gasteiger partial charge < -0.3 is 21.1 Å². The number of anilines is 2. The number of amides is 3. The number of nitrogens with two attached hydrogens (primary N) is 1. The lowest BCUT2D eigenvalue weighted by Crippen LogP contribution is -2.22. The summed E-state index contributed by atoms with van der Waals surface area (Å²) in [4.78, 5) is 54.3. The largest absolute Gasteiger partial charge is 0.456 e. The van der Waals surface area contributed by atoms with Crippen molar-refractivity contribution in [2.45, 2.75) is 39.0 Å². The highest BCUT2D eigenvalue weighted by molar-refractivity contribution is 7.21. The number of carbonyl (C=O) groups excluding carboxylic acids is 4. The lowest BCUT2D eigenvalue weighted by Gasteiger charge is -2.08. The van der Waals surface area contributed by atoms with E-state index in [9.17, 15) is 19.2 Å². The monoisotopic (exact) mass is 562 g/mol. The van der Waals surface area contributed by atoms with Gasteiger partial charge in [-0.25, -0.2) is 4.98 Å². The van der Waals surface area contributed by atoms with Crippen LogP contribution in [0.15, 0.2) is 42.5 Å². The minimum absolute atomic E-state index is 0.145. The van der Waals surface area contributed by atoms with Crippen molar-refractivity contribution in [1.29, 1.82) is 0 Å². The van der Waals surface area contributed by atoms with E-state index in [4.69, 9.17) is 10.5 Å². The van der Waals surface area contributed by atoms with Crippen LogP contribution in [-0.4, -0.2) is 35.3 Å². The Morgan fingerprint density at radius 2 is 1.77 bits per heavy atom. The molecule has 4 N–H and O–H groups in total. The molecule has 5 rings (SSSR count). The van der Waals surface area contributed by atoms with Crippen molar-refractivity contribution in [2.24, 2.45) is 5.73 Å². The zero-order valence-electron chi connectivity index (χ0n) is 21.2. The highest BCUT2D eigenvalue weighted by Gasteiger charge is 2.26. The Bertz CT molecular complexity index is 1590. The molecule has 2 heterocycles. The Morgan fingerprint density at radius 1 is 0.974 bits per heavy atom. The minimum Gasteiger partial charge on any atom is -0.456 e. The van der Waals surface area contributed by atoms with Gasteiger partial charge in [-0.1, -0.05) is 6.07 Å². The fourth-order valence-corrected chi connectivity index (χ4v) is 6.80. The number of hydrogen-bond donors (Lipinski definition) is 3. The van der Waals surface area contributed by atoms with Gasteiger partial charge in [-0.15, -0.1) is 22.7 Å². The lowest BCUT2D eigenvalue weighted by molar-refractivity contribution is -0.147. The van der Waals surface area contributed by atoms with Gasteiger partial charge >= 0.3 is 5.97 Å². The Hall–Kier alpha value is -4.09. The third kappa shape index (κ3) is 6.15. The van der Waals surface area contributed by atoms with Crippen LogP contribution in [0.5, 0.6) is 0 Å². The molecule has 0 radical (unpaired) electrons. The number of primary amides is 1. The van der Waals surface area contributed by atoms with E-state index in [1.807, 2.05) is 31.2 Å². The number of hydrogen-bond acceptors (Lipinski definition) is 8. The Balaban J connectivity index is 1.07. The number of fused-ring (bicyclic) bond motifs is 2. The molecule has 1 aliphatic carbocycles. The topological polar surface area (TPSA) is 140 Å². The van der Waals surface area contributed by atoms with Crippen LogP contribution in [0, 0.1) is 6.92 Å². The summed E-state index contributed by atoms with van der Waals surface area (Å²) in [5.41, 5.74) is 10.4. The second kappa shape index (κ2) is 11.3. The van der Waals surface area contributed by atoms with Gasteiger partial charge in [0, 0.05) is 22.5 Å². The van der Waals surface area contributed by atoms with Crippen LogP contribution < -0.4 is 16.4 Å². The molecule has 0 atom stereocenters. The van der Waals surface area contributed by atoms with Crippen molar-refractivity contribution >= 4 is 67.3 Å². The number of ether oxygens (including phenoxy) is 1. The van der Waals surface area contributed by atoms with Crippen molar-refractivity contribution in [3.8, 4) is 10.6 Å². The molecule has 0 saturated carbocycles. The van der Waals surface area contributed by atoms with E-state index < -0.39 is 30.3 Å². The van der Waals surface area contributed by atoms with E-state index in [0.29, 0.717) is 16.3 Å². The molecule has 4 aromatic rings. The average molecular weight is 563 g/mol. The van der Waals surface area contributed by atoms with Crippen molar-refractivity contribution in [2.75, 3.05) is 17.2 Å². The van der Waals surface area contributed by atoms with Crippen molar-refractivity contribution in [3.63, 3.8) is 0 Å². The van der Waals surface area contributed by atoms with Crippen LogP contribution in [0.2, 0.25) is 0 Å². The third-order valence-corrected chi connectivity index (χ3v) is 8.58. The summed E-state index contributed by atoms with van der Waals surface area (Å²) >= 11 is 2.96. The normalized spacial score (nSPS) is 12.2. The first-order chi connectivity index (χ1) is 18.8. The van der Waals surface area contributed by atoms with Crippen molar-refractivity contribution in [1.82, 2.24) is 4.98 Å². The second-order valence-electron chi connectivity index (χ2n) is 9.25. The summed E-state index contributed by atoms with van der Waals surface area (Å²) < 4.78 is 6.13. The van der Waals surface area contributed by atoms with Crippen LogP contribution in [0.25, 0.3) is 20.8 Å². The predicted molar refractivity (Wildman–Crippen MR) is 152 cm³/mol. The number of nitrogens with one attached hydrogen (secondary N) is 2. The van der Waals surface area contributed by atoms with Gasteiger partial charge in [-0.3, -0.25) is 19.2 Å². The summed E-state index contributed by atoms with van der Waals surface area (Å²) in [7, 11) is 0. The summed E-state index contributed by atoms with van der Waals surface area (Å²) in [5, 5.41) is 6.69. The zero-order chi connectivity index (χ0) is 27.5. The average Bonchev–Trinajstić information content (AvgIpc) is 3.60. The standard InChI is InChI=1S/C28H26N4O5S2/c1-15-5-10-19-21(13-15)39-27(31-19)16-6-8-17(9-7-16)30-23(34)14-37-24(35)12-11-22(33)32-28-25(26(29)36)18-3-2-4-20(18)38-28/h5-10,13H,2-4,11-12,14H2,1H3,(H2,29,36)(H,30,34)(H,32,33). The first-order valence-electron chi connectivity index (χ1n) is 12.4. The summed E-state index contributed by atoms with van der Waals surface area (Å²) in [6.07, 6.45) is 2.24. The maximum atomic E-state index is 12.3. The smallest absolute Gasteiger partial charge is 0.306 e. The molecule has 0 bridgehead atoms. The highest BCUT2D eigenvalue weighted by Crippen LogP contribution is 2.39. The highest BCUT2D eigenvalue weighted by atomic mass is 32.1. The summed E-state index contributed by atoms with van der Waals surface area (Å²) in [6.45, 7) is 1.58. The van der Waals surface area contributed by atoms with Crippen molar-refractivity contribution < 1.29 is 23.9 Å². The van der Waals surface area contributed by atoms with Gasteiger partial charge in [0.1, 0.15) is 10.0 Å². The summed E-state index contributed by atoms with van der Waals surface area (Å²) in [6, 6.07) is 13.4. The first-order valence-corrected chi connectivity index (χ1v) is 14.1. The Labute approximate surface area is 232 Å². The lowest BCUT2D eigenvalue weighted by atomic mass is 10.1. The molecule has 0 fully saturated rings. The molecule has 0 unspecified atom stereocenters. The molecule has 0 spiro atoms. The SMILES string of the molecule is Cc1ccc2nc(-c3ccc(NC(=O)COC(=O)CCC(=O)Nc4sc5c(c4C(N)=O)CCC5)cc3)sc2c1. The second-order valence-corrected chi connectivity index (χ2v) is 11.4. The fourth-order valence-electron chi connectivity index (χ4n) is 4.42. The van der Waals surface area contributed by atoms with Crippen LogP contribution in [0.1, 0.15) is 45.6 Å². The number of rotatable bonds is 9.